The van der Waals surface area contributed by atoms with Crippen LogP contribution in [0, 0.1) is 0 Å². The second kappa shape index (κ2) is 70.1. The average molecular weight is 1140 g/mol. The molecule has 6 heteroatoms. The Kier molecular flexibility index (Phi) is 68.1. The zero-order chi connectivity index (χ0) is 58.5. The van der Waals surface area contributed by atoms with Crippen LogP contribution in [0.3, 0.4) is 0 Å². The molecule has 0 radical (unpaired) electrons. The summed E-state index contributed by atoms with van der Waals surface area (Å²) in [6.07, 6.45) is 87.6. The summed E-state index contributed by atoms with van der Waals surface area (Å²) < 4.78 is 17.0. The van der Waals surface area contributed by atoms with Gasteiger partial charge in [0.25, 0.3) is 0 Å². The van der Waals surface area contributed by atoms with Gasteiger partial charge in [0.1, 0.15) is 13.2 Å². The molecule has 81 heavy (non-hydrogen) atoms. The van der Waals surface area contributed by atoms with Gasteiger partial charge in [-0.2, -0.15) is 0 Å². The lowest BCUT2D eigenvalue weighted by Crippen LogP contribution is -2.30. The highest BCUT2D eigenvalue weighted by Crippen LogP contribution is 2.19. The topological polar surface area (TPSA) is 78.9 Å². The number of unbranched alkanes of at least 4 members (excludes halogenated alkanes) is 51. The molecule has 476 valence electrons. The van der Waals surface area contributed by atoms with E-state index in [1.54, 1.807) is 0 Å². The summed E-state index contributed by atoms with van der Waals surface area (Å²) in [6.45, 7) is 6.68. The van der Waals surface area contributed by atoms with Crippen molar-refractivity contribution in [1.29, 1.82) is 0 Å². The van der Waals surface area contributed by atoms with Gasteiger partial charge >= 0.3 is 17.9 Å². The molecule has 0 saturated heterocycles. The van der Waals surface area contributed by atoms with Crippen LogP contribution in [0.4, 0.5) is 0 Å². The van der Waals surface area contributed by atoms with Gasteiger partial charge in [-0.05, 0) is 77.0 Å². The lowest BCUT2D eigenvalue weighted by molar-refractivity contribution is -0.167. The lowest BCUT2D eigenvalue weighted by Gasteiger charge is -2.18. The highest BCUT2D eigenvalue weighted by atomic mass is 16.6. The van der Waals surface area contributed by atoms with Gasteiger partial charge in [0, 0.05) is 19.3 Å². The van der Waals surface area contributed by atoms with Crippen molar-refractivity contribution < 1.29 is 28.6 Å². The van der Waals surface area contributed by atoms with Gasteiger partial charge in [-0.15, -0.1) is 0 Å². The number of ether oxygens (including phenoxy) is 3. The number of carbonyl (C=O) groups excluding carboxylic acids is 3. The number of esters is 3. The molecule has 0 aromatic rings. The summed E-state index contributed by atoms with van der Waals surface area (Å²) in [4.78, 5) is 38.4. The van der Waals surface area contributed by atoms with Gasteiger partial charge in [-0.3, -0.25) is 14.4 Å². The first kappa shape index (κ1) is 78.6. The van der Waals surface area contributed by atoms with E-state index in [1.807, 2.05) is 0 Å². The van der Waals surface area contributed by atoms with Crippen molar-refractivity contribution in [3.8, 4) is 0 Å². The minimum atomic E-state index is -0.773. The molecule has 0 aromatic carbocycles. The number of rotatable bonds is 68. The van der Waals surface area contributed by atoms with Gasteiger partial charge in [0.05, 0.1) is 0 Å². The second-order valence-corrected chi connectivity index (χ2v) is 24.9. The molecule has 1 unspecified atom stereocenters. The molecule has 0 rings (SSSR count). The fourth-order valence-electron chi connectivity index (χ4n) is 11.1. The molecule has 6 nitrogen and oxygen atoms in total. The minimum Gasteiger partial charge on any atom is -0.462 e. The van der Waals surface area contributed by atoms with Crippen LogP contribution in [0.25, 0.3) is 0 Å². The molecule has 1 atom stereocenters. The van der Waals surface area contributed by atoms with Crippen molar-refractivity contribution in [2.24, 2.45) is 0 Å². The molecular weight excluding hydrogens is 997 g/mol. The van der Waals surface area contributed by atoms with Crippen LogP contribution in [0.15, 0.2) is 36.5 Å². The monoisotopic (exact) mass is 1140 g/mol. The Morgan fingerprint density at radius 2 is 0.444 bits per heavy atom. The van der Waals surface area contributed by atoms with E-state index in [0.717, 1.165) is 70.6 Å². The van der Waals surface area contributed by atoms with E-state index in [-0.39, 0.29) is 31.1 Å². The summed E-state index contributed by atoms with van der Waals surface area (Å²) >= 11 is 0. The Balaban J connectivity index is 4.16. The molecule has 0 heterocycles. The quantitative estimate of drug-likeness (QED) is 0.0261. The molecule has 0 aliphatic carbocycles. The molecule has 0 fully saturated rings. The van der Waals surface area contributed by atoms with Crippen LogP contribution >= 0.6 is 0 Å². The number of hydrogen-bond acceptors (Lipinski definition) is 6. The zero-order valence-electron chi connectivity index (χ0n) is 54.8. The number of allylic oxidation sites excluding steroid dienone is 6. The maximum absolute atomic E-state index is 13.0. The third-order valence-electron chi connectivity index (χ3n) is 16.6. The van der Waals surface area contributed by atoms with Gasteiger partial charge in [-0.1, -0.05) is 346 Å². The van der Waals surface area contributed by atoms with E-state index >= 15 is 0 Å². The predicted molar refractivity (Wildman–Crippen MR) is 353 cm³/mol. The van der Waals surface area contributed by atoms with E-state index in [9.17, 15) is 14.4 Å². The predicted octanol–water partition coefficient (Wildman–Crippen LogP) is 25.1. The summed E-state index contributed by atoms with van der Waals surface area (Å²) in [5, 5.41) is 0. The summed E-state index contributed by atoms with van der Waals surface area (Å²) in [5.41, 5.74) is 0. The molecule has 0 N–H and O–H groups in total. The highest BCUT2D eigenvalue weighted by Gasteiger charge is 2.19. The molecule has 0 bridgehead atoms. The Morgan fingerprint density at radius 3 is 0.716 bits per heavy atom. The molecule has 0 spiro atoms. The highest BCUT2D eigenvalue weighted by molar-refractivity contribution is 5.71. The van der Waals surface area contributed by atoms with Crippen LogP contribution in [0.1, 0.15) is 406 Å². The molecule has 0 aliphatic heterocycles. The van der Waals surface area contributed by atoms with Crippen LogP contribution in [-0.2, 0) is 28.6 Å². The minimum absolute atomic E-state index is 0.0689. The molecule has 0 aromatic heterocycles. The zero-order valence-corrected chi connectivity index (χ0v) is 54.8. The van der Waals surface area contributed by atoms with Crippen molar-refractivity contribution in [3.05, 3.63) is 36.5 Å². The third kappa shape index (κ3) is 68.3. The maximum atomic E-state index is 13.0. The maximum Gasteiger partial charge on any atom is 0.306 e. The second-order valence-electron chi connectivity index (χ2n) is 24.9. The first-order chi connectivity index (χ1) is 40.0. The van der Waals surface area contributed by atoms with Crippen LogP contribution in [0.5, 0.6) is 0 Å². The van der Waals surface area contributed by atoms with E-state index in [0.29, 0.717) is 19.3 Å². The van der Waals surface area contributed by atoms with Crippen molar-refractivity contribution >= 4 is 17.9 Å². The van der Waals surface area contributed by atoms with Crippen molar-refractivity contribution in [1.82, 2.24) is 0 Å². The average Bonchev–Trinajstić information content (AvgIpc) is 3.47. The van der Waals surface area contributed by atoms with E-state index in [2.05, 4.69) is 57.2 Å². The largest absolute Gasteiger partial charge is 0.462 e. The molecule has 0 aliphatic rings. The first-order valence-corrected chi connectivity index (χ1v) is 36.5. The Bertz CT molecular complexity index is 1350. The first-order valence-electron chi connectivity index (χ1n) is 36.5. The lowest BCUT2D eigenvalue weighted by atomic mass is 10.0. The fourth-order valence-corrected chi connectivity index (χ4v) is 11.1. The van der Waals surface area contributed by atoms with Gasteiger partial charge in [-0.25, -0.2) is 0 Å². The van der Waals surface area contributed by atoms with Crippen molar-refractivity contribution in [2.45, 2.75) is 412 Å². The fraction of sp³-hybridized carbons (Fsp3) is 0.880. The van der Waals surface area contributed by atoms with Crippen molar-refractivity contribution in [3.63, 3.8) is 0 Å². The van der Waals surface area contributed by atoms with Crippen LogP contribution in [-0.4, -0.2) is 37.2 Å². The van der Waals surface area contributed by atoms with E-state index in [1.165, 1.54) is 295 Å². The third-order valence-corrected chi connectivity index (χ3v) is 16.6. The molecule has 0 amide bonds. The van der Waals surface area contributed by atoms with Gasteiger partial charge in [0.2, 0.25) is 0 Å². The smallest absolute Gasteiger partial charge is 0.306 e. The molecular formula is C75H140O6. The van der Waals surface area contributed by atoms with E-state index in [4.69, 9.17) is 14.2 Å². The Morgan fingerprint density at radius 1 is 0.247 bits per heavy atom. The molecule has 0 saturated carbocycles. The van der Waals surface area contributed by atoms with Gasteiger partial charge in [0.15, 0.2) is 6.10 Å². The summed E-state index contributed by atoms with van der Waals surface area (Å²) in [5.74, 6) is -0.848. The van der Waals surface area contributed by atoms with Crippen LogP contribution in [0.2, 0.25) is 0 Å². The summed E-state index contributed by atoms with van der Waals surface area (Å²) in [7, 11) is 0. The standard InChI is InChI=1S/C75H140O6/c1-4-7-10-13-16-19-22-25-27-29-31-33-35-36-37-38-39-40-41-43-44-46-48-50-53-56-59-62-65-68-74(77)80-71-72(70-79-73(76)67-64-61-58-55-52-24-21-18-15-12-9-6-3)81-75(78)69-66-63-60-57-54-51-49-47-45-42-34-32-30-28-26-23-20-17-14-11-8-5-2/h18,21-22,25,29,31,72H,4-17,19-20,23-24,26-28,30,32-71H2,1-3H3/b21-18-,25-22-,31-29-. The van der Waals surface area contributed by atoms with Crippen molar-refractivity contribution in [2.75, 3.05) is 13.2 Å². The van der Waals surface area contributed by atoms with Crippen LogP contribution < -0.4 is 0 Å². The Labute approximate surface area is 506 Å². The SMILES string of the molecule is CCCCC/C=C\CCCCCCCC(=O)OCC(COC(=O)CCCCCCCCCCCCCCCCCCC/C=C\C/C=C\CCCCCCC)OC(=O)CCCCCCCCCCCCCCCCCCCCCCCC. The normalized spacial score (nSPS) is 12.2. The number of hydrogen-bond donors (Lipinski definition) is 0. The summed E-state index contributed by atoms with van der Waals surface area (Å²) in [6, 6.07) is 0. The van der Waals surface area contributed by atoms with E-state index < -0.39 is 6.10 Å². The van der Waals surface area contributed by atoms with Gasteiger partial charge < -0.3 is 14.2 Å². The Hall–Kier alpha value is -2.37. The number of carbonyl (C=O) groups is 3.